The molecule has 0 radical (unpaired) electrons. The predicted molar refractivity (Wildman–Crippen MR) is 126 cm³/mol. The van der Waals surface area contributed by atoms with Gasteiger partial charge in [-0.3, -0.25) is 9.59 Å². The molecule has 0 aliphatic heterocycles. The predicted octanol–water partition coefficient (Wildman–Crippen LogP) is 4.06. The third-order valence-corrected chi connectivity index (χ3v) is 6.08. The number of carbonyl (C=O) groups is 2. The largest absolute Gasteiger partial charge is 0.508 e. The van der Waals surface area contributed by atoms with Gasteiger partial charge in [0.2, 0.25) is 5.91 Å². The first-order chi connectivity index (χ1) is 16.0. The Balaban J connectivity index is 1.14. The lowest BCUT2D eigenvalue weighted by atomic mass is 9.86. The first-order valence-corrected chi connectivity index (χ1v) is 10.9. The SMILES string of the molecule is O=C(Cc1cccc2ccccc12)Nc1cn(C2CC(NC(=O)c3cccc(O)c3)C2)cn1. The summed E-state index contributed by atoms with van der Waals surface area (Å²) >= 11 is 0. The summed E-state index contributed by atoms with van der Waals surface area (Å²) < 4.78 is 1.98. The number of amides is 2. The molecule has 1 fully saturated rings. The fourth-order valence-electron chi connectivity index (χ4n) is 4.27. The van der Waals surface area contributed by atoms with Gasteiger partial charge in [-0.15, -0.1) is 0 Å². The molecule has 1 aromatic heterocycles. The van der Waals surface area contributed by atoms with Gasteiger partial charge in [0.1, 0.15) is 5.75 Å². The van der Waals surface area contributed by atoms with Crippen molar-refractivity contribution in [3.8, 4) is 5.75 Å². The zero-order valence-electron chi connectivity index (χ0n) is 17.9. The van der Waals surface area contributed by atoms with Crippen molar-refractivity contribution in [3.63, 3.8) is 0 Å². The first-order valence-electron chi connectivity index (χ1n) is 10.9. The molecule has 0 unspecified atom stereocenters. The summed E-state index contributed by atoms with van der Waals surface area (Å²) in [5.74, 6) is 0.290. The number of nitrogens with zero attached hydrogens (tertiary/aromatic N) is 2. The zero-order valence-corrected chi connectivity index (χ0v) is 17.9. The van der Waals surface area contributed by atoms with Crippen LogP contribution in [0.3, 0.4) is 0 Å². The second-order valence-electron chi connectivity index (χ2n) is 8.42. The van der Waals surface area contributed by atoms with Crippen LogP contribution < -0.4 is 10.6 Å². The average molecular weight is 441 g/mol. The Kier molecular flexibility index (Phi) is 5.52. The van der Waals surface area contributed by atoms with Gasteiger partial charge in [-0.25, -0.2) is 4.98 Å². The van der Waals surface area contributed by atoms with Crippen molar-refractivity contribution in [2.24, 2.45) is 0 Å². The van der Waals surface area contributed by atoms with E-state index >= 15 is 0 Å². The number of aromatic hydroxyl groups is 1. The Morgan fingerprint density at radius 3 is 2.67 bits per heavy atom. The van der Waals surface area contributed by atoms with E-state index in [9.17, 15) is 14.7 Å². The lowest BCUT2D eigenvalue weighted by Crippen LogP contribution is -2.44. The molecule has 0 saturated heterocycles. The van der Waals surface area contributed by atoms with Crippen LogP contribution >= 0.6 is 0 Å². The van der Waals surface area contributed by atoms with Crippen LogP contribution in [0.1, 0.15) is 34.8 Å². The lowest BCUT2D eigenvalue weighted by Gasteiger charge is -2.36. The van der Waals surface area contributed by atoms with Crippen LogP contribution in [-0.4, -0.2) is 32.5 Å². The van der Waals surface area contributed by atoms with E-state index in [1.807, 2.05) is 53.2 Å². The van der Waals surface area contributed by atoms with E-state index in [-0.39, 0.29) is 36.1 Å². The van der Waals surface area contributed by atoms with Crippen LogP contribution in [0, 0.1) is 0 Å². The van der Waals surface area contributed by atoms with Crippen LogP contribution in [-0.2, 0) is 11.2 Å². The summed E-state index contributed by atoms with van der Waals surface area (Å²) in [6, 6.07) is 20.6. The second kappa shape index (κ2) is 8.78. The average Bonchev–Trinajstić information content (AvgIpc) is 3.23. The molecular weight excluding hydrogens is 416 g/mol. The number of hydrogen-bond donors (Lipinski definition) is 3. The molecule has 33 heavy (non-hydrogen) atoms. The minimum atomic E-state index is -0.193. The summed E-state index contributed by atoms with van der Waals surface area (Å²) in [5, 5.41) is 17.6. The van der Waals surface area contributed by atoms with Gasteiger partial charge in [0, 0.05) is 23.8 Å². The molecule has 166 valence electrons. The molecule has 1 aliphatic rings. The van der Waals surface area contributed by atoms with E-state index in [4.69, 9.17) is 0 Å². The summed E-state index contributed by atoms with van der Waals surface area (Å²) in [6.45, 7) is 0. The second-order valence-corrected chi connectivity index (χ2v) is 8.42. The number of nitrogens with one attached hydrogen (secondary N) is 2. The number of phenolic OH excluding ortho intramolecular Hbond substituents is 1. The van der Waals surface area contributed by atoms with Crippen molar-refractivity contribution >= 4 is 28.4 Å². The van der Waals surface area contributed by atoms with Crippen LogP contribution in [0.15, 0.2) is 79.3 Å². The monoisotopic (exact) mass is 440 g/mol. The highest BCUT2D eigenvalue weighted by Gasteiger charge is 2.32. The fourth-order valence-corrected chi connectivity index (χ4v) is 4.27. The minimum absolute atomic E-state index is 0.0663. The van der Waals surface area contributed by atoms with E-state index in [0.717, 1.165) is 29.2 Å². The molecule has 0 bridgehead atoms. The third-order valence-electron chi connectivity index (χ3n) is 6.08. The Bertz CT molecular complexity index is 1320. The summed E-state index contributed by atoms with van der Waals surface area (Å²) in [4.78, 5) is 29.2. The van der Waals surface area contributed by atoms with Crippen LogP contribution in [0.4, 0.5) is 5.82 Å². The molecule has 0 spiro atoms. The van der Waals surface area contributed by atoms with Gasteiger partial charge in [-0.1, -0.05) is 48.5 Å². The number of hydrogen-bond acceptors (Lipinski definition) is 4. The number of rotatable bonds is 6. The van der Waals surface area contributed by atoms with Crippen molar-refractivity contribution < 1.29 is 14.7 Å². The molecule has 4 aromatic rings. The number of anilines is 1. The maximum absolute atomic E-state index is 12.6. The summed E-state index contributed by atoms with van der Waals surface area (Å²) in [6.07, 6.45) is 5.39. The Morgan fingerprint density at radius 1 is 1.03 bits per heavy atom. The maximum atomic E-state index is 12.6. The molecule has 3 N–H and O–H groups in total. The Morgan fingerprint density at radius 2 is 1.82 bits per heavy atom. The lowest BCUT2D eigenvalue weighted by molar-refractivity contribution is -0.115. The molecule has 2 amide bonds. The number of carbonyl (C=O) groups excluding carboxylic acids is 2. The number of benzene rings is 3. The summed E-state index contributed by atoms with van der Waals surface area (Å²) in [5.41, 5.74) is 1.42. The zero-order chi connectivity index (χ0) is 22.8. The molecule has 7 heteroatoms. The standard InChI is InChI=1S/C26H24N4O3/c31-22-9-4-8-19(11-22)26(33)28-20-13-21(14-20)30-15-24(27-16-30)29-25(32)12-18-7-3-6-17-5-1-2-10-23(17)18/h1-11,15-16,20-21,31H,12-14H2,(H,28,33)(H,29,32). The number of fused-ring (bicyclic) bond motifs is 1. The van der Waals surface area contributed by atoms with Crippen molar-refractivity contribution in [1.29, 1.82) is 0 Å². The van der Waals surface area contributed by atoms with Gasteiger partial charge in [0.15, 0.2) is 5.82 Å². The highest BCUT2D eigenvalue weighted by Crippen LogP contribution is 2.33. The Hall–Kier alpha value is -4.13. The molecule has 0 atom stereocenters. The van der Waals surface area contributed by atoms with Crippen molar-refractivity contribution in [3.05, 3.63) is 90.4 Å². The molecule has 7 nitrogen and oxygen atoms in total. The van der Waals surface area contributed by atoms with Crippen molar-refractivity contribution in [2.75, 3.05) is 5.32 Å². The molecule has 1 heterocycles. The third kappa shape index (κ3) is 4.57. The molecular formula is C26H24N4O3. The maximum Gasteiger partial charge on any atom is 0.251 e. The fraction of sp³-hybridized carbons (Fsp3) is 0.192. The molecule has 1 aliphatic carbocycles. The van der Waals surface area contributed by atoms with E-state index < -0.39 is 0 Å². The van der Waals surface area contributed by atoms with Gasteiger partial charge in [0.25, 0.3) is 5.91 Å². The topological polar surface area (TPSA) is 96.2 Å². The van der Waals surface area contributed by atoms with Gasteiger partial charge in [-0.05, 0) is 47.4 Å². The normalized spacial score (nSPS) is 17.3. The number of imidazole rings is 1. The highest BCUT2D eigenvalue weighted by molar-refractivity contribution is 5.96. The van der Waals surface area contributed by atoms with Gasteiger partial charge < -0.3 is 20.3 Å². The van der Waals surface area contributed by atoms with Crippen LogP contribution in [0.5, 0.6) is 5.75 Å². The Labute approximate surface area is 191 Å². The number of aromatic nitrogens is 2. The van der Waals surface area contributed by atoms with Crippen molar-refractivity contribution in [2.45, 2.75) is 31.3 Å². The first kappa shape index (κ1) is 20.8. The molecule has 5 rings (SSSR count). The summed E-state index contributed by atoms with van der Waals surface area (Å²) in [7, 11) is 0. The minimum Gasteiger partial charge on any atom is -0.508 e. The van der Waals surface area contributed by atoms with E-state index in [2.05, 4.69) is 15.6 Å². The van der Waals surface area contributed by atoms with Crippen LogP contribution in [0.25, 0.3) is 10.8 Å². The smallest absolute Gasteiger partial charge is 0.251 e. The van der Waals surface area contributed by atoms with E-state index in [0.29, 0.717) is 11.4 Å². The van der Waals surface area contributed by atoms with E-state index in [1.54, 1.807) is 18.5 Å². The highest BCUT2D eigenvalue weighted by atomic mass is 16.3. The van der Waals surface area contributed by atoms with E-state index in [1.165, 1.54) is 12.1 Å². The van der Waals surface area contributed by atoms with Crippen LogP contribution in [0.2, 0.25) is 0 Å². The van der Waals surface area contributed by atoms with Gasteiger partial charge in [0.05, 0.1) is 12.7 Å². The quantitative estimate of drug-likeness (QED) is 0.421. The van der Waals surface area contributed by atoms with Gasteiger partial charge in [-0.2, -0.15) is 0 Å². The van der Waals surface area contributed by atoms with Gasteiger partial charge >= 0.3 is 0 Å². The molecule has 1 saturated carbocycles. The molecule has 3 aromatic carbocycles. The van der Waals surface area contributed by atoms with Crippen molar-refractivity contribution in [1.82, 2.24) is 14.9 Å². The number of phenols is 1.